The second-order valence-corrected chi connectivity index (χ2v) is 13.6. The maximum absolute atomic E-state index is 12.2. The van der Waals surface area contributed by atoms with Gasteiger partial charge in [0.25, 0.3) is 0 Å². The average Bonchev–Trinajstić information content (AvgIpc) is 3.66. The standard InChI is InChI=1S/C27H20NO2.C15H28O2.Ir/c1-15(2)20-13-18(12-17-6-4-5-7-19(17)20)27-26-23(10-11-28-27)30-22-9-8-21-24(25(22)26)16(3)14-29-21;1-7-14(5,8-2)12(16)11-13(17)15(6,9-3)10-4;/h4-11,13-15H,1-3H3;11,16H,7-10H2,1-6H3;/q-1;;/b;12-11-;. The van der Waals surface area contributed by atoms with Crippen LogP contribution in [0.5, 0.6) is 0 Å². The number of aliphatic hydroxyl groups excluding tert-OH is 1. The van der Waals surface area contributed by atoms with Crippen LogP contribution in [-0.4, -0.2) is 15.9 Å². The van der Waals surface area contributed by atoms with Crippen LogP contribution in [0.1, 0.15) is 98.1 Å². The fraction of sp³-hybridized carbons (Fsp3) is 0.381. The van der Waals surface area contributed by atoms with E-state index in [1.54, 1.807) is 6.26 Å². The Morgan fingerprint density at radius 2 is 1.52 bits per heavy atom. The molecule has 6 rings (SSSR count). The molecular weight excluding hydrogens is 775 g/mol. The number of fused-ring (bicyclic) bond motifs is 6. The number of nitrogens with zero attached hydrogens (tertiary/aromatic N) is 1. The summed E-state index contributed by atoms with van der Waals surface area (Å²) in [5.41, 5.74) is 6.22. The number of allylic oxidation sites excluding steroid dienone is 2. The van der Waals surface area contributed by atoms with Crippen molar-refractivity contribution in [2.24, 2.45) is 10.8 Å². The van der Waals surface area contributed by atoms with Gasteiger partial charge in [0.2, 0.25) is 0 Å². The molecule has 0 amide bonds. The van der Waals surface area contributed by atoms with Crippen molar-refractivity contribution in [2.45, 2.75) is 93.9 Å². The van der Waals surface area contributed by atoms with Crippen LogP contribution in [0.3, 0.4) is 0 Å². The third kappa shape index (κ3) is 6.75. The molecule has 255 valence electrons. The summed E-state index contributed by atoms with van der Waals surface area (Å²) in [7, 11) is 0. The van der Waals surface area contributed by atoms with Crippen LogP contribution in [0.2, 0.25) is 0 Å². The smallest absolute Gasteiger partial charge is 0.164 e. The number of aryl methyl sites for hydroxylation is 1. The molecule has 0 bridgehead atoms. The van der Waals surface area contributed by atoms with Gasteiger partial charge in [-0.25, -0.2) is 0 Å². The number of hydrogen-bond donors (Lipinski definition) is 1. The van der Waals surface area contributed by atoms with Crippen LogP contribution in [0, 0.1) is 23.8 Å². The fourth-order valence-corrected chi connectivity index (χ4v) is 6.24. The average molecular weight is 823 g/mol. The molecule has 0 unspecified atom stereocenters. The Morgan fingerprint density at radius 1 is 0.896 bits per heavy atom. The van der Waals surface area contributed by atoms with Gasteiger partial charge < -0.3 is 13.9 Å². The first-order valence-electron chi connectivity index (χ1n) is 17.0. The van der Waals surface area contributed by atoms with Gasteiger partial charge in [-0.3, -0.25) is 9.78 Å². The summed E-state index contributed by atoms with van der Waals surface area (Å²) in [4.78, 5) is 17.0. The molecule has 0 aliphatic carbocycles. The van der Waals surface area contributed by atoms with Gasteiger partial charge in [0.1, 0.15) is 22.5 Å². The number of ketones is 1. The molecule has 1 N–H and O–H groups in total. The first kappa shape index (κ1) is 37.1. The number of rotatable bonds is 9. The largest absolute Gasteiger partial charge is 0.512 e. The second kappa shape index (κ2) is 14.8. The number of hydrogen-bond acceptors (Lipinski definition) is 5. The molecule has 0 fully saturated rings. The monoisotopic (exact) mass is 823 g/mol. The Kier molecular flexibility index (Phi) is 11.4. The Hall–Kier alpha value is -3.73. The number of pyridine rings is 1. The summed E-state index contributed by atoms with van der Waals surface area (Å²) in [6, 6.07) is 20.2. The van der Waals surface area contributed by atoms with E-state index < -0.39 is 0 Å². The maximum Gasteiger partial charge on any atom is 0.164 e. The number of aromatic nitrogens is 1. The molecule has 48 heavy (non-hydrogen) atoms. The van der Waals surface area contributed by atoms with Gasteiger partial charge in [-0.1, -0.05) is 84.5 Å². The van der Waals surface area contributed by atoms with Gasteiger partial charge in [-0.2, -0.15) is 0 Å². The van der Waals surface area contributed by atoms with Crippen LogP contribution >= 0.6 is 0 Å². The van der Waals surface area contributed by atoms with E-state index in [0.29, 0.717) is 5.92 Å². The fourth-order valence-electron chi connectivity index (χ4n) is 6.24. The molecule has 5 nitrogen and oxygen atoms in total. The van der Waals surface area contributed by atoms with E-state index in [-0.39, 0.29) is 42.5 Å². The molecule has 0 aliphatic heterocycles. The molecule has 3 aromatic heterocycles. The number of benzene rings is 3. The first-order chi connectivity index (χ1) is 22.4. The zero-order valence-corrected chi connectivity index (χ0v) is 32.1. The van der Waals surface area contributed by atoms with Crippen LogP contribution in [0.25, 0.3) is 54.9 Å². The van der Waals surface area contributed by atoms with E-state index in [1.807, 2.05) is 65.9 Å². The number of aliphatic hydroxyl groups is 1. The van der Waals surface area contributed by atoms with E-state index in [2.05, 4.69) is 57.2 Å². The van der Waals surface area contributed by atoms with Crippen molar-refractivity contribution in [1.29, 1.82) is 0 Å². The summed E-state index contributed by atoms with van der Waals surface area (Å²) in [6.07, 6.45) is 8.37. The third-order valence-electron chi connectivity index (χ3n) is 10.6. The zero-order valence-electron chi connectivity index (χ0n) is 29.7. The van der Waals surface area contributed by atoms with E-state index >= 15 is 0 Å². The summed E-state index contributed by atoms with van der Waals surface area (Å²) >= 11 is 0. The van der Waals surface area contributed by atoms with Crippen LogP contribution in [-0.2, 0) is 24.9 Å². The van der Waals surface area contributed by atoms with Crippen molar-refractivity contribution < 1.29 is 38.8 Å². The van der Waals surface area contributed by atoms with Gasteiger partial charge in [0, 0.05) is 65.1 Å². The van der Waals surface area contributed by atoms with Crippen molar-refractivity contribution in [3.8, 4) is 11.3 Å². The first-order valence-corrected chi connectivity index (χ1v) is 17.0. The van der Waals surface area contributed by atoms with Gasteiger partial charge in [-0.05, 0) is 62.3 Å². The van der Waals surface area contributed by atoms with Crippen LogP contribution in [0.15, 0.2) is 81.7 Å². The van der Waals surface area contributed by atoms with Crippen molar-refractivity contribution in [1.82, 2.24) is 4.98 Å². The summed E-state index contributed by atoms with van der Waals surface area (Å²) in [5, 5.41) is 15.6. The number of carbonyl (C=O) groups is 1. The molecular formula is C42H48IrNO4-. The Morgan fingerprint density at radius 3 is 2.17 bits per heavy atom. The van der Waals surface area contributed by atoms with E-state index in [0.717, 1.165) is 80.8 Å². The van der Waals surface area contributed by atoms with Crippen LogP contribution in [0.4, 0.5) is 0 Å². The molecule has 6 aromatic rings. The summed E-state index contributed by atoms with van der Waals surface area (Å²) in [6.45, 7) is 18.6. The molecule has 3 heterocycles. The Bertz CT molecular complexity index is 2090. The molecule has 1 radical (unpaired) electrons. The molecule has 0 saturated carbocycles. The van der Waals surface area contributed by atoms with Gasteiger partial charge >= 0.3 is 0 Å². The maximum atomic E-state index is 12.2. The second-order valence-electron chi connectivity index (χ2n) is 13.6. The van der Waals surface area contributed by atoms with Gasteiger partial charge in [0.05, 0.1) is 6.26 Å². The van der Waals surface area contributed by atoms with Crippen molar-refractivity contribution in [3.63, 3.8) is 0 Å². The number of carbonyl (C=O) groups excluding carboxylic acids is 1. The van der Waals surface area contributed by atoms with Crippen molar-refractivity contribution in [2.75, 3.05) is 0 Å². The minimum absolute atomic E-state index is 0. The van der Waals surface area contributed by atoms with Gasteiger partial charge in [0.15, 0.2) is 5.78 Å². The Labute approximate surface area is 298 Å². The Balaban J connectivity index is 0.000000251. The molecule has 0 spiro atoms. The van der Waals surface area contributed by atoms with Crippen LogP contribution < -0.4 is 0 Å². The van der Waals surface area contributed by atoms with Gasteiger partial charge in [-0.15, -0.1) is 29.1 Å². The molecule has 3 aromatic carbocycles. The molecule has 0 atom stereocenters. The zero-order chi connectivity index (χ0) is 34.1. The van der Waals surface area contributed by atoms with Crippen molar-refractivity contribution >= 4 is 49.5 Å². The normalized spacial score (nSPS) is 12.5. The predicted molar refractivity (Wildman–Crippen MR) is 195 cm³/mol. The minimum atomic E-state index is -0.337. The summed E-state index contributed by atoms with van der Waals surface area (Å²) < 4.78 is 12.0. The van der Waals surface area contributed by atoms with E-state index in [4.69, 9.17) is 13.8 Å². The molecule has 6 heteroatoms. The quantitative estimate of drug-likeness (QED) is 0.0893. The van der Waals surface area contributed by atoms with Crippen molar-refractivity contribution in [3.05, 3.63) is 90.0 Å². The number of furan rings is 2. The van der Waals surface area contributed by atoms with E-state index in [9.17, 15) is 9.90 Å². The molecule has 0 aliphatic rings. The topological polar surface area (TPSA) is 76.5 Å². The third-order valence-corrected chi connectivity index (χ3v) is 10.6. The minimum Gasteiger partial charge on any atom is -0.512 e. The predicted octanol–water partition coefficient (Wildman–Crippen LogP) is 12.4. The SMILES string of the molecule is CCC(C)(CC)C(=O)/C=C(\O)C(C)(CC)CC.Cc1coc2ccc3oc4ccnc(-c5[c-]c6ccccc6c(C(C)C)c5)c4c3c12.[Ir]. The molecule has 0 saturated heterocycles. The van der Waals surface area contributed by atoms with E-state index in [1.165, 1.54) is 17.0 Å². The summed E-state index contributed by atoms with van der Waals surface area (Å²) in [5.74, 6) is 0.681.